The van der Waals surface area contributed by atoms with E-state index in [0.29, 0.717) is 11.8 Å². The molecule has 3 rings (SSSR count). The zero-order chi connectivity index (χ0) is 17.7. The second-order valence-electron chi connectivity index (χ2n) is 7.79. The summed E-state index contributed by atoms with van der Waals surface area (Å²) in [6.07, 6.45) is 6.92. The molecule has 1 spiro atoms. The summed E-state index contributed by atoms with van der Waals surface area (Å²) < 4.78 is 11.0. The lowest BCUT2D eigenvalue weighted by molar-refractivity contribution is -0.253. The molecule has 24 heavy (non-hydrogen) atoms. The molecule has 0 aromatic heterocycles. The zero-order valence-corrected chi connectivity index (χ0v) is 14.8. The Morgan fingerprint density at radius 1 is 1.33 bits per heavy atom. The van der Waals surface area contributed by atoms with Gasteiger partial charge in [0.05, 0.1) is 6.10 Å². The SMILES string of the molecule is CC[C@@H](C)C[C@@H](C)/C=C/[C@@H]1C=C[C@@H](O)[C@@H]2O[C@]3(C)OC(=O)[C@]12[C@H]3O. The number of fused-ring (bicyclic) bond motifs is 1. The first kappa shape index (κ1) is 17.6. The van der Waals surface area contributed by atoms with E-state index in [1.807, 2.05) is 6.08 Å². The van der Waals surface area contributed by atoms with E-state index in [2.05, 4.69) is 26.8 Å². The average molecular weight is 336 g/mol. The Hall–Kier alpha value is -1.17. The molecule has 2 fully saturated rings. The Morgan fingerprint density at radius 2 is 2.04 bits per heavy atom. The third kappa shape index (κ3) is 2.37. The fourth-order valence-corrected chi connectivity index (χ4v) is 4.35. The zero-order valence-electron chi connectivity index (χ0n) is 14.8. The van der Waals surface area contributed by atoms with Crippen molar-refractivity contribution in [2.24, 2.45) is 23.2 Å². The van der Waals surface area contributed by atoms with Gasteiger partial charge >= 0.3 is 5.97 Å². The van der Waals surface area contributed by atoms with Crippen molar-refractivity contribution in [1.82, 2.24) is 0 Å². The first-order valence-electron chi connectivity index (χ1n) is 8.89. The minimum absolute atomic E-state index is 0.350. The van der Waals surface area contributed by atoms with E-state index < -0.39 is 35.5 Å². The molecule has 2 heterocycles. The van der Waals surface area contributed by atoms with Crippen molar-refractivity contribution in [2.75, 3.05) is 0 Å². The van der Waals surface area contributed by atoms with Gasteiger partial charge in [-0.3, -0.25) is 4.79 Å². The minimum atomic E-state index is -1.37. The van der Waals surface area contributed by atoms with Gasteiger partial charge in [0, 0.05) is 12.8 Å². The first-order chi connectivity index (χ1) is 11.3. The second kappa shape index (κ2) is 5.97. The van der Waals surface area contributed by atoms with Crippen molar-refractivity contribution in [3.63, 3.8) is 0 Å². The lowest BCUT2D eigenvalue weighted by atomic mass is 9.64. The van der Waals surface area contributed by atoms with Crippen LogP contribution in [0.15, 0.2) is 24.3 Å². The molecule has 0 unspecified atom stereocenters. The molecule has 0 radical (unpaired) electrons. The molecule has 134 valence electrons. The van der Waals surface area contributed by atoms with Crippen LogP contribution in [0.25, 0.3) is 0 Å². The number of aliphatic hydroxyl groups is 2. The van der Waals surface area contributed by atoms with E-state index >= 15 is 0 Å². The van der Waals surface area contributed by atoms with E-state index in [4.69, 9.17) is 9.47 Å². The molecular weight excluding hydrogens is 308 g/mol. The Balaban J connectivity index is 1.88. The quantitative estimate of drug-likeness (QED) is 0.594. The first-order valence-corrected chi connectivity index (χ1v) is 8.89. The van der Waals surface area contributed by atoms with Crippen LogP contribution in [0.1, 0.15) is 40.5 Å². The number of hydrogen-bond donors (Lipinski definition) is 2. The van der Waals surface area contributed by atoms with Gasteiger partial charge in [0.2, 0.25) is 5.79 Å². The maximum atomic E-state index is 12.6. The molecule has 2 saturated heterocycles. The highest BCUT2D eigenvalue weighted by molar-refractivity contribution is 5.84. The number of aliphatic hydroxyl groups excluding tert-OH is 2. The molecule has 5 heteroatoms. The van der Waals surface area contributed by atoms with Gasteiger partial charge in [0.1, 0.15) is 17.6 Å². The van der Waals surface area contributed by atoms with Gasteiger partial charge in [0.25, 0.3) is 0 Å². The molecule has 1 aliphatic carbocycles. The summed E-state index contributed by atoms with van der Waals surface area (Å²) in [7, 11) is 0. The maximum absolute atomic E-state index is 12.6. The van der Waals surface area contributed by atoms with Gasteiger partial charge in [-0.05, 0) is 18.3 Å². The van der Waals surface area contributed by atoms with Gasteiger partial charge in [-0.15, -0.1) is 0 Å². The summed E-state index contributed by atoms with van der Waals surface area (Å²) in [5, 5.41) is 21.0. The van der Waals surface area contributed by atoms with Crippen molar-refractivity contribution in [3.8, 4) is 0 Å². The summed E-state index contributed by atoms with van der Waals surface area (Å²) in [4.78, 5) is 12.6. The van der Waals surface area contributed by atoms with Crippen molar-refractivity contribution in [1.29, 1.82) is 0 Å². The van der Waals surface area contributed by atoms with Crippen LogP contribution in [0.3, 0.4) is 0 Å². The van der Waals surface area contributed by atoms with E-state index in [-0.39, 0.29) is 5.92 Å². The van der Waals surface area contributed by atoms with Gasteiger partial charge in [-0.1, -0.05) is 51.5 Å². The molecule has 2 bridgehead atoms. The van der Waals surface area contributed by atoms with Gasteiger partial charge < -0.3 is 19.7 Å². The van der Waals surface area contributed by atoms with Crippen molar-refractivity contribution < 1.29 is 24.5 Å². The van der Waals surface area contributed by atoms with Crippen LogP contribution in [-0.2, 0) is 14.3 Å². The summed E-state index contributed by atoms with van der Waals surface area (Å²) in [6.45, 7) is 8.11. The number of rotatable bonds is 5. The molecular formula is C19H28O5. The van der Waals surface area contributed by atoms with Crippen LogP contribution in [0, 0.1) is 23.2 Å². The molecule has 0 aromatic rings. The predicted molar refractivity (Wildman–Crippen MR) is 88.8 cm³/mol. The molecule has 2 aliphatic heterocycles. The maximum Gasteiger partial charge on any atom is 0.321 e. The number of allylic oxidation sites excluding steroid dienone is 3. The van der Waals surface area contributed by atoms with Crippen LogP contribution in [-0.4, -0.2) is 40.3 Å². The van der Waals surface area contributed by atoms with Gasteiger partial charge in [-0.2, -0.15) is 0 Å². The highest BCUT2D eigenvalue weighted by Gasteiger charge is 2.77. The lowest BCUT2D eigenvalue weighted by Gasteiger charge is -2.40. The Bertz CT molecular complexity index is 570. The fraction of sp³-hybridized carbons (Fsp3) is 0.737. The summed E-state index contributed by atoms with van der Waals surface area (Å²) >= 11 is 0. The van der Waals surface area contributed by atoms with E-state index in [1.165, 1.54) is 0 Å². The highest BCUT2D eigenvalue weighted by atomic mass is 16.8. The fourth-order valence-electron chi connectivity index (χ4n) is 4.35. The van der Waals surface area contributed by atoms with Crippen molar-refractivity contribution in [3.05, 3.63) is 24.3 Å². The highest BCUT2D eigenvalue weighted by Crippen LogP contribution is 2.59. The third-order valence-electron chi connectivity index (χ3n) is 5.93. The lowest BCUT2D eigenvalue weighted by Crippen LogP contribution is -2.55. The van der Waals surface area contributed by atoms with E-state index in [9.17, 15) is 15.0 Å². The smallest absolute Gasteiger partial charge is 0.321 e. The Kier molecular flexibility index (Phi) is 4.39. The van der Waals surface area contributed by atoms with Gasteiger partial charge in [-0.25, -0.2) is 0 Å². The third-order valence-corrected chi connectivity index (χ3v) is 5.93. The van der Waals surface area contributed by atoms with Crippen LogP contribution in [0.2, 0.25) is 0 Å². The normalized spacial score (nSPS) is 46.2. The Labute approximate surface area is 143 Å². The summed E-state index contributed by atoms with van der Waals surface area (Å²) in [5.41, 5.74) is -1.25. The largest absolute Gasteiger partial charge is 0.430 e. The molecule has 0 aromatic carbocycles. The molecule has 0 amide bonds. The van der Waals surface area contributed by atoms with Crippen LogP contribution < -0.4 is 0 Å². The molecule has 3 aliphatic rings. The Morgan fingerprint density at radius 3 is 2.67 bits per heavy atom. The van der Waals surface area contributed by atoms with Gasteiger partial charge in [0.15, 0.2) is 0 Å². The molecule has 0 saturated carbocycles. The van der Waals surface area contributed by atoms with Crippen molar-refractivity contribution >= 4 is 5.97 Å². The number of hydrogen-bond acceptors (Lipinski definition) is 5. The predicted octanol–water partition coefficient (Wildman–Crippen LogP) is 2.18. The summed E-state index contributed by atoms with van der Waals surface area (Å²) in [6, 6.07) is 0. The van der Waals surface area contributed by atoms with Crippen LogP contribution in [0.5, 0.6) is 0 Å². The van der Waals surface area contributed by atoms with Crippen LogP contribution in [0.4, 0.5) is 0 Å². The van der Waals surface area contributed by atoms with E-state index in [1.54, 1.807) is 19.1 Å². The second-order valence-corrected chi connectivity index (χ2v) is 7.79. The molecule has 2 N–H and O–H groups in total. The molecule has 8 atom stereocenters. The number of carbonyl (C=O) groups is 1. The average Bonchev–Trinajstić information content (AvgIpc) is 2.87. The number of esters is 1. The standard InChI is InChI=1S/C19H28O5/c1-5-11(2)10-12(3)6-7-13-8-9-14(20)15-19(13)16(21)18(4,23-15)24-17(19)22/h6-9,11-16,20-21H,5,10H2,1-4H3/b7-6+/t11-,12+,13-,14-,15+,16+,18-,19-/m1/s1. The number of carbonyl (C=O) groups excluding carboxylic acids is 1. The van der Waals surface area contributed by atoms with Crippen LogP contribution >= 0.6 is 0 Å². The monoisotopic (exact) mass is 336 g/mol. The van der Waals surface area contributed by atoms with Crippen molar-refractivity contribution in [2.45, 2.75) is 64.6 Å². The number of ether oxygens (including phenoxy) is 2. The topological polar surface area (TPSA) is 76.0 Å². The van der Waals surface area contributed by atoms with E-state index in [0.717, 1.165) is 12.8 Å². The minimum Gasteiger partial charge on any atom is -0.430 e. The molecule has 5 nitrogen and oxygen atoms in total. The summed E-state index contributed by atoms with van der Waals surface area (Å²) in [5.74, 6) is -1.19.